The largest absolute Gasteiger partial charge is 0.382 e. The van der Waals surface area contributed by atoms with Crippen molar-refractivity contribution in [2.75, 3.05) is 5.32 Å². The highest BCUT2D eigenvalue weighted by atomic mass is 35.5. The maximum atomic E-state index is 6.16. The van der Waals surface area contributed by atoms with Gasteiger partial charge in [-0.2, -0.15) is 5.10 Å². The summed E-state index contributed by atoms with van der Waals surface area (Å²) >= 11 is 6.16. The second-order valence-corrected chi connectivity index (χ2v) is 5.72. The van der Waals surface area contributed by atoms with Gasteiger partial charge in [-0.3, -0.25) is 4.68 Å². The van der Waals surface area contributed by atoms with Crippen LogP contribution in [0.1, 0.15) is 30.2 Å². The van der Waals surface area contributed by atoms with Crippen LogP contribution in [0.25, 0.3) is 0 Å². The Labute approximate surface area is 118 Å². The van der Waals surface area contributed by atoms with Crippen molar-refractivity contribution in [2.45, 2.75) is 32.2 Å². The van der Waals surface area contributed by atoms with Crippen molar-refractivity contribution >= 4 is 17.3 Å². The molecule has 0 saturated carbocycles. The van der Waals surface area contributed by atoms with E-state index in [9.17, 15) is 0 Å². The van der Waals surface area contributed by atoms with Crippen LogP contribution in [0.3, 0.4) is 0 Å². The van der Waals surface area contributed by atoms with Crippen LogP contribution in [0.2, 0.25) is 5.02 Å². The number of aryl methyl sites for hydroxylation is 2. The molecule has 1 aromatic carbocycles. The zero-order valence-corrected chi connectivity index (χ0v) is 12.0. The molecule has 100 valence electrons. The van der Waals surface area contributed by atoms with E-state index in [1.54, 1.807) is 6.20 Å². The Hall–Kier alpha value is -1.48. The van der Waals surface area contributed by atoms with Crippen molar-refractivity contribution in [1.29, 1.82) is 0 Å². The number of fused-ring (bicyclic) bond motifs is 1. The van der Waals surface area contributed by atoms with Crippen LogP contribution in [-0.2, 0) is 19.9 Å². The molecule has 1 aliphatic heterocycles. The van der Waals surface area contributed by atoms with Gasteiger partial charge in [0.15, 0.2) is 0 Å². The highest BCUT2D eigenvalue weighted by Gasteiger charge is 2.15. The standard InChI is InChI=1S/C15H18ClN3/c1-10-3-5-12-7-11(4-6-14(12)18-10)8-15-13(16)9-17-19(15)2/h4,6-7,9-10,18H,3,5,8H2,1-2H3. The van der Waals surface area contributed by atoms with Crippen LogP contribution in [-0.4, -0.2) is 15.8 Å². The summed E-state index contributed by atoms with van der Waals surface area (Å²) in [6.07, 6.45) is 4.88. The first-order chi connectivity index (χ1) is 9.13. The van der Waals surface area contributed by atoms with Crippen LogP contribution in [0.15, 0.2) is 24.4 Å². The maximum Gasteiger partial charge on any atom is 0.0821 e. The van der Waals surface area contributed by atoms with E-state index in [0.29, 0.717) is 6.04 Å². The molecule has 3 nitrogen and oxygen atoms in total. The van der Waals surface area contributed by atoms with Crippen LogP contribution in [0, 0.1) is 0 Å². The molecule has 2 aromatic rings. The van der Waals surface area contributed by atoms with Gasteiger partial charge in [0.2, 0.25) is 0 Å². The molecule has 4 heteroatoms. The second-order valence-electron chi connectivity index (χ2n) is 5.32. The number of anilines is 1. The molecule has 0 aliphatic carbocycles. The van der Waals surface area contributed by atoms with Gasteiger partial charge in [0.1, 0.15) is 0 Å². The Balaban J connectivity index is 1.87. The van der Waals surface area contributed by atoms with E-state index >= 15 is 0 Å². The summed E-state index contributed by atoms with van der Waals surface area (Å²) in [5, 5.41) is 8.45. The Kier molecular flexibility index (Phi) is 3.23. The number of hydrogen-bond acceptors (Lipinski definition) is 2. The van der Waals surface area contributed by atoms with Crippen molar-refractivity contribution in [3.63, 3.8) is 0 Å². The van der Waals surface area contributed by atoms with Gasteiger partial charge in [-0.1, -0.05) is 23.7 Å². The average molecular weight is 276 g/mol. The smallest absolute Gasteiger partial charge is 0.0821 e. The van der Waals surface area contributed by atoms with Gasteiger partial charge in [0.05, 0.1) is 16.9 Å². The van der Waals surface area contributed by atoms with Gasteiger partial charge < -0.3 is 5.32 Å². The minimum atomic E-state index is 0.574. The molecule has 1 atom stereocenters. The molecule has 1 unspecified atom stereocenters. The molecular weight excluding hydrogens is 258 g/mol. The van der Waals surface area contributed by atoms with Gasteiger partial charge in [-0.05, 0) is 37.0 Å². The third-order valence-corrected chi connectivity index (χ3v) is 4.12. The third-order valence-electron chi connectivity index (χ3n) is 3.80. The van der Waals surface area contributed by atoms with E-state index < -0.39 is 0 Å². The first-order valence-electron chi connectivity index (χ1n) is 6.68. The van der Waals surface area contributed by atoms with Crippen LogP contribution in [0.5, 0.6) is 0 Å². The van der Waals surface area contributed by atoms with Crippen molar-refractivity contribution in [2.24, 2.45) is 7.05 Å². The highest BCUT2D eigenvalue weighted by Crippen LogP contribution is 2.27. The summed E-state index contributed by atoms with van der Waals surface area (Å²) in [6.45, 7) is 2.23. The molecule has 2 heterocycles. The quantitative estimate of drug-likeness (QED) is 0.910. The summed E-state index contributed by atoms with van der Waals surface area (Å²) in [5.74, 6) is 0. The number of halogens is 1. The topological polar surface area (TPSA) is 29.9 Å². The van der Waals surface area contributed by atoms with Gasteiger partial charge in [0.25, 0.3) is 0 Å². The Morgan fingerprint density at radius 2 is 2.32 bits per heavy atom. The van der Waals surface area contributed by atoms with Gasteiger partial charge >= 0.3 is 0 Å². The zero-order chi connectivity index (χ0) is 13.4. The Morgan fingerprint density at radius 1 is 1.47 bits per heavy atom. The molecule has 0 spiro atoms. The van der Waals surface area contributed by atoms with Crippen LogP contribution >= 0.6 is 11.6 Å². The van der Waals surface area contributed by atoms with E-state index in [1.807, 2.05) is 11.7 Å². The lowest BCUT2D eigenvalue weighted by Crippen LogP contribution is -2.21. The molecule has 1 aliphatic rings. The third kappa shape index (κ3) is 2.47. The highest BCUT2D eigenvalue weighted by molar-refractivity contribution is 6.31. The van der Waals surface area contributed by atoms with Crippen molar-refractivity contribution in [3.05, 3.63) is 46.2 Å². The van der Waals surface area contributed by atoms with Crippen molar-refractivity contribution < 1.29 is 0 Å². The summed E-state index contributed by atoms with van der Waals surface area (Å²) in [5.41, 5.74) is 5.05. The number of hydrogen-bond donors (Lipinski definition) is 1. The Morgan fingerprint density at radius 3 is 3.05 bits per heavy atom. The van der Waals surface area contributed by atoms with Crippen molar-refractivity contribution in [3.8, 4) is 0 Å². The van der Waals surface area contributed by atoms with E-state index in [1.165, 1.54) is 23.2 Å². The molecule has 3 rings (SSSR count). The summed E-state index contributed by atoms with van der Waals surface area (Å²) in [7, 11) is 1.93. The second kappa shape index (κ2) is 4.89. The molecule has 1 aromatic heterocycles. The zero-order valence-electron chi connectivity index (χ0n) is 11.3. The SMILES string of the molecule is CC1CCc2cc(Cc3c(Cl)cnn3C)ccc2N1. The number of aromatic nitrogens is 2. The predicted molar refractivity (Wildman–Crippen MR) is 78.9 cm³/mol. The lowest BCUT2D eigenvalue weighted by Gasteiger charge is -2.24. The fraction of sp³-hybridized carbons (Fsp3) is 0.400. The molecule has 0 radical (unpaired) electrons. The van der Waals surface area contributed by atoms with Crippen molar-refractivity contribution in [1.82, 2.24) is 9.78 Å². The fourth-order valence-corrected chi connectivity index (χ4v) is 2.88. The first-order valence-corrected chi connectivity index (χ1v) is 7.06. The number of nitrogens with zero attached hydrogens (tertiary/aromatic N) is 2. The maximum absolute atomic E-state index is 6.16. The lowest BCUT2D eigenvalue weighted by atomic mass is 9.96. The summed E-state index contributed by atoms with van der Waals surface area (Å²) in [6, 6.07) is 7.22. The summed E-state index contributed by atoms with van der Waals surface area (Å²) < 4.78 is 1.85. The van der Waals surface area contributed by atoms with E-state index in [2.05, 4.69) is 35.5 Å². The number of nitrogens with one attached hydrogen (secondary N) is 1. The van der Waals surface area contributed by atoms with E-state index in [0.717, 1.165) is 23.6 Å². The molecular formula is C15H18ClN3. The average Bonchev–Trinajstić information content (AvgIpc) is 2.71. The van der Waals surface area contributed by atoms with Crippen LogP contribution in [0.4, 0.5) is 5.69 Å². The lowest BCUT2D eigenvalue weighted by molar-refractivity contribution is 0.679. The van der Waals surface area contributed by atoms with E-state index in [4.69, 9.17) is 11.6 Å². The molecule has 1 N–H and O–H groups in total. The normalized spacial score (nSPS) is 17.9. The first kappa shape index (κ1) is 12.5. The molecule has 0 bridgehead atoms. The van der Waals surface area contributed by atoms with Crippen LogP contribution < -0.4 is 5.32 Å². The molecule has 0 fully saturated rings. The minimum Gasteiger partial charge on any atom is -0.382 e. The molecule has 0 saturated heterocycles. The number of rotatable bonds is 2. The predicted octanol–water partition coefficient (Wildman–Crippen LogP) is 3.41. The molecule has 19 heavy (non-hydrogen) atoms. The van der Waals surface area contributed by atoms with Gasteiger partial charge in [0, 0.05) is 25.2 Å². The number of benzene rings is 1. The summed E-state index contributed by atoms with van der Waals surface area (Å²) in [4.78, 5) is 0. The Bertz CT molecular complexity index is 584. The van der Waals surface area contributed by atoms with Gasteiger partial charge in [-0.15, -0.1) is 0 Å². The van der Waals surface area contributed by atoms with Gasteiger partial charge in [-0.25, -0.2) is 0 Å². The monoisotopic (exact) mass is 275 g/mol. The molecule has 0 amide bonds. The minimum absolute atomic E-state index is 0.574. The fourth-order valence-electron chi connectivity index (χ4n) is 2.64. The van der Waals surface area contributed by atoms with E-state index in [-0.39, 0.29) is 0 Å².